The third-order valence-corrected chi connectivity index (χ3v) is 2.95. The van der Waals surface area contributed by atoms with Gasteiger partial charge in [0.2, 0.25) is 0 Å². The molecule has 0 spiro atoms. The maximum absolute atomic E-state index is 11.9. The number of carbonyl (C=O) groups excluding carboxylic acids is 2. The van der Waals surface area contributed by atoms with E-state index in [1.165, 1.54) is 19.2 Å². The largest absolute Gasteiger partial charge is 0.494 e. The summed E-state index contributed by atoms with van der Waals surface area (Å²) in [5.41, 5.74) is 0.347. The van der Waals surface area contributed by atoms with Gasteiger partial charge in [-0.2, -0.15) is 0 Å². The zero-order chi connectivity index (χ0) is 14.4. The first kappa shape index (κ1) is 15.8. The molecule has 0 saturated carbocycles. The zero-order valence-corrected chi connectivity index (χ0v) is 12.2. The highest BCUT2D eigenvalue weighted by Gasteiger charge is 2.14. The number of ketones is 1. The first-order valence-electron chi connectivity index (χ1n) is 5.71. The van der Waals surface area contributed by atoms with Crippen molar-refractivity contribution in [3.8, 4) is 5.75 Å². The fourth-order valence-corrected chi connectivity index (χ4v) is 2.15. The van der Waals surface area contributed by atoms with Crippen LogP contribution in [0.25, 0.3) is 0 Å². The molecular formula is C13H14Cl2O4. The highest BCUT2D eigenvalue weighted by molar-refractivity contribution is 6.37. The van der Waals surface area contributed by atoms with E-state index in [0.29, 0.717) is 17.9 Å². The predicted octanol–water partition coefficient (Wildman–Crippen LogP) is 3.53. The lowest BCUT2D eigenvalue weighted by Gasteiger charge is -2.08. The number of halogens is 2. The van der Waals surface area contributed by atoms with E-state index in [4.69, 9.17) is 32.7 Å². The number of Topliss-reactive ketones (excluding diaryl/α,β-unsaturated/α-hetero) is 1. The molecule has 0 fully saturated rings. The molecule has 0 atom stereocenters. The van der Waals surface area contributed by atoms with Gasteiger partial charge in [-0.15, -0.1) is 0 Å². The van der Waals surface area contributed by atoms with Gasteiger partial charge in [-0.05, 0) is 19.1 Å². The summed E-state index contributed by atoms with van der Waals surface area (Å²) in [6.45, 7) is 2.01. The summed E-state index contributed by atoms with van der Waals surface area (Å²) in [5.74, 6) is -0.300. The van der Waals surface area contributed by atoms with Crippen LogP contribution in [0.15, 0.2) is 12.1 Å². The van der Waals surface area contributed by atoms with Crippen LogP contribution < -0.4 is 4.74 Å². The van der Waals surface area contributed by atoms with Gasteiger partial charge >= 0.3 is 5.97 Å². The molecule has 0 bridgehead atoms. The molecule has 19 heavy (non-hydrogen) atoms. The summed E-state index contributed by atoms with van der Waals surface area (Å²) >= 11 is 11.9. The molecule has 0 heterocycles. The van der Waals surface area contributed by atoms with E-state index >= 15 is 0 Å². The second-order valence-electron chi connectivity index (χ2n) is 3.70. The zero-order valence-electron chi connectivity index (χ0n) is 10.7. The Morgan fingerprint density at radius 2 is 1.74 bits per heavy atom. The van der Waals surface area contributed by atoms with Crippen molar-refractivity contribution in [2.75, 3.05) is 13.7 Å². The Bertz CT molecular complexity index is 463. The van der Waals surface area contributed by atoms with Crippen molar-refractivity contribution in [2.45, 2.75) is 19.8 Å². The summed E-state index contributed by atoms with van der Waals surface area (Å²) in [7, 11) is 1.44. The second kappa shape index (κ2) is 7.36. The monoisotopic (exact) mass is 304 g/mol. The molecule has 104 valence electrons. The van der Waals surface area contributed by atoms with Crippen LogP contribution in [-0.4, -0.2) is 25.5 Å². The summed E-state index contributed by atoms with van der Waals surface area (Å²) < 4.78 is 9.74. The van der Waals surface area contributed by atoms with Gasteiger partial charge < -0.3 is 9.47 Å². The molecule has 1 aromatic carbocycles. The van der Waals surface area contributed by atoms with Crippen molar-refractivity contribution in [3.05, 3.63) is 27.7 Å². The maximum Gasteiger partial charge on any atom is 0.306 e. The number of carbonyl (C=O) groups is 2. The number of rotatable bonds is 6. The lowest BCUT2D eigenvalue weighted by molar-refractivity contribution is -0.143. The molecule has 0 N–H and O–H groups in total. The molecule has 0 aliphatic rings. The van der Waals surface area contributed by atoms with Gasteiger partial charge in [0.1, 0.15) is 0 Å². The normalized spacial score (nSPS) is 10.1. The van der Waals surface area contributed by atoms with Crippen molar-refractivity contribution in [3.63, 3.8) is 0 Å². The number of esters is 1. The highest BCUT2D eigenvalue weighted by Crippen LogP contribution is 2.34. The van der Waals surface area contributed by atoms with Crippen LogP contribution in [0.5, 0.6) is 5.75 Å². The van der Waals surface area contributed by atoms with E-state index < -0.39 is 5.97 Å². The fraction of sp³-hybridized carbons (Fsp3) is 0.385. The lowest BCUT2D eigenvalue weighted by atomic mass is 10.1. The minimum absolute atomic E-state index is 0.0357. The molecule has 0 aliphatic carbocycles. The minimum Gasteiger partial charge on any atom is -0.494 e. The van der Waals surface area contributed by atoms with Crippen molar-refractivity contribution < 1.29 is 19.1 Å². The fourth-order valence-electron chi connectivity index (χ4n) is 1.51. The Morgan fingerprint density at radius 3 is 2.21 bits per heavy atom. The van der Waals surface area contributed by atoms with Crippen LogP contribution in [0, 0.1) is 0 Å². The topological polar surface area (TPSA) is 52.6 Å². The van der Waals surface area contributed by atoms with E-state index in [-0.39, 0.29) is 28.7 Å². The van der Waals surface area contributed by atoms with Gasteiger partial charge in [0.15, 0.2) is 11.5 Å². The quantitative estimate of drug-likeness (QED) is 0.596. The predicted molar refractivity (Wildman–Crippen MR) is 73.2 cm³/mol. The van der Waals surface area contributed by atoms with Crippen LogP contribution in [0.4, 0.5) is 0 Å². The van der Waals surface area contributed by atoms with E-state index in [0.717, 1.165) is 0 Å². The van der Waals surface area contributed by atoms with Gasteiger partial charge in [0.05, 0.1) is 30.2 Å². The first-order chi connectivity index (χ1) is 8.99. The average Bonchev–Trinajstić information content (AvgIpc) is 2.36. The smallest absolute Gasteiger partial charge is 0.306 e. The third-order valence-electron chi connectivity index (χ3n) is 2.39. The van der Waals surface area contributed by atoms with Crippen LogP contribution in [-0.2, 0) is 9.53 Å². The molecule has 0 saturated heterocycles. The van der Waals surface area contributed by atoms with E-state index in [1.54, 1.807) is 6.92 Å². The summed E-state index contributed by atoms with van der Waals surface area (Å²) in [4.78, 5) is 23.1. The molecule has 0 unspecified atom stereocenters. The average molecular weight is 305 g/mol. The minimum atomic E-state index is -0.401. The Morgan fingerprint density at radius 1 is 1.16 bits per heavy atom. The summed E-state index contributed by atoms with van der Waals surface area (Å²) in [6, 6.07) is 2.94. The molecule has 0 aliphatic heterocycles. The van der Waals surface area contributed by atoms with Crippen molar-refractivity contribution in [1.82, 2.24) is 0 Å². The van der Waals surface area contributed by atoms with Crippen LogP contribution in [0.2, 0.25) is 10.0 Å². The van der Waals surface area contributed by atoms with Gasteiger partial charge in [0.25, 0.3) is 0 Å². The van der Waals surface area contributed by atoms with Crippen molar-refractivity contribution >= 4 is 35.0 Å². The Labute approximate surface area is 121 Å². The number of hydrogen-bond donors (Lipinski definition) is 0. The molecule has 0 amide bonds. The van der Waals surface area contributed by atoms with Crippen molar-refractivity contribution in [1.29, 1.82) is 0 Å². The Kier molecular flexibility index (Phi) is 6.12. The van der Waals surface area contributed by atoms with E-state index in [9.17, 15) is 9.59 Å². The van der Waals surface area contributed by atoms with Crippen molar-refractivity contribution in [2.24, 2.45) is 0 Å². The molecule has 1 rings (SSSR count). The molecule has 0 aromatic heterocycles. The maximum atomic E-state index is 11.9. The Hall–Kier alpha value is -1.26. The van der Waals surface area contributed by atoms with Gasteiger partial charge in [0, 0.05) is 12.0 Å². The Balaban J connectivity index is 2.75. The van der Waals surface area contributed by atoms with Gasteiger partial charge in [-0.3, -0.25) is 9.59 Å². The lowest BCUT2D eigenvalue weighted by Crippen LogP contribution is -2.08. The van der Waals surface area contributed by atoms with E-state index in [2.05, 4.69) is 0 Å². The highest BCUT2D eigenvalue weighted by atomic mass is 35.5. The van der Waals surface area contributed by atoms with Gasteiger partial charge in [-0.25, -0.2) is 0 Å². The first-order valence-corrected chi connectivity index (χ1v) is 6.47. The van der Waals surface area contributed by atoms with Crippen LogP contribution in [0.1, 0.15) is 30.1 Å². The second-order valence-corrected chi connectivity index (χ2v) is 4.52. The number of benzene rings is 1. The molecule has 6 heteroatoms. The molecule has 1 aromatic rings. The van der Waals surface area contributed by atoms with E-state index in [1.807, 2.05) is 0 Å². The standard InChI is InChI=1S/C13H14Cl2O4/c1-3-19-12(17)5-4-11(16)8-6-9(14)13(18-2)10(15)7-8/h6-7H,3-5H2,1-2H3. The SMILES string of the molecule is CCOC(=O)CCC(=O)c1cc(Cl)c(OC)c(Cl)c1. The van der Waals surface area contributed by atoms with Crippen LogP contribution in [0.3, 0.4) is 0 Å². The van der Waals surface area contributed by atoms with Crippen LogP contribution >= 0.6 is 23.2 Å². The molecule has 4 nitrogen and oxygen atoms in total. The summed E-state index contributed by atoms with van der Waals surface area (Å²) in [5, 5.41) is 0.518. The number of methoxy groups -OCH3 is 1. The molecular weight excluding hydrogens is 291 g/mol. The number of hydrogen-bond acceptors (Lipinski definition) is 4. The molecule has 0 radical (unpaired) electrons. The third kappa shape index (κ3) is 4.40. The summed E-state index contributed by atoms with van der Waals surface area (Å²) in [6.07, 6.45) is 0.0890. The number of ether oxygens (including phenoxy) is 2. The van der Waals surface area contributed by atoms with Gasteiger partial charge in [-0.1, -0.05) is 23.2 Å².